The molecule has 0 aromatic heterocycles. The number of hydrogen-bond acceptors (Lipinski definition) is 7. The summed E-state index contributed by atoms with van der Waals surface area (Å²) in [6, 6.07) is 16.5. The number of esters is 1. The summed E-state index contributed by atoms with van der Waals surface area (Å²) in [7, 11) is 2.96. The Hall–Kier alpha value is -4.18. The topological polar surface area (TPSA) is 115 Å². The van der Waals surface area contributed by atoms with Crippen LogP contribution in [0.4, 0.5) is 5.69 Å². The second-order valence-electron chi connectivity index (χ2n) is 7.16. The van der Waals surface area contributed by atoms with Crippen LogP contribution >= 0.6 is 15.9 Å². The Labute approximate surface area is 210 Å². The zero-order valence-electron chi connectivity index (χ0n) is 19.1. The van der Waals surface area contributed by atoms with Gasteiger partial charge in [0.1, 0.15) is 5.75 Å². The third-order valence-electron chi connectivity index (χ3n) is 4.68. The highest BCUT2D eigenvalue weighted by atomic mass is 79.9. The van der Waals surface area contributed by atoms with E-state index in [4.69, 9.17) is 14.2 Å². The number of hydrogen-bond donors (Lipinski definition) is 2. The van der Waals surface area contributed by atoms with E-state index < -0.39 is 17.8 Å². The van der Waals surface area contributed by atoms with Crippen molar-refractivity contribution in [3.8, 4) is 17.2 Å². The first-order valence-corrected chi connectivity index (χ1v) is 11.0. The van der Waals surface area contributed by atoms with Crippen molar-refractivity contribution in [2.24, 2.45) is 5.10 Å². The average molecular weight is 540 g/mol. The number of methoxy groups -OCH3 is 2. The smallest absolute Gasteiger partial charge is 0.343 e. The van der Waals surface area contributed by atoms with Crippen LogP contribution in [0.2, 0.25) is 0 Å². The summed E-state index contributed by atoms with van der Waals surface area (Å²) in [4.78, 5) is 36.8. The monoisotopic (exact) mass is 539 g/mol. The fourth-order valence-corrected chi connectivity index (χ4v) is 3.25. The molecule has 0 aliphatic carbocycles. The van der Waals surface area contributed by atoms with E-state index in [1.54, 1.807) is 42.5 Å². The molecule has 10 heteroatoms. The SMILES string of the molecule is COc1ccc(C(=O)Oc2ccc(Br)cc2C=NNC(=O)C(=O)Nc2ccc(C)cc2)cc1OC. The van der Waals surface area contributed by atoms with Gasteiger partial charge in [-0.05, 0) is 55.5 Å². The Morgan fingerprint density at radius 2 is 1.54 bits per heavy atom. The lowest BCUT2D eigenvalue weighted by Gasteiger charge is -2.11. The van der Waals surface area contributed by atoms with Crippen LogP contribution in [0.5, 0.6) is 17.2 Å². The number of rotatable bonds is 7. The number of halogens is 1. The number of ether oxygens (including phenoxy) is 3. The molecule has 0 heterocycles. The molecule has 0 spiro atoms. The van der Waals surface area contributed by atoms with Crippen molar-refractivity contribution in [2.75, 3.05) is 19.5 Å². The van der Waals surface area contributed by atoms with Crippen molar-refractivity contribution in [3.05, 3.63) is 81.8 Å². The number of amides is 2. The van der Waals surface area contributed by atoms with E-state index in [0.717, 1.165) is 5.56 Å². The van der Waals surface area contributed by atoms with Crippen molar-refractivity contribution in [1.29, 1.82) is 0 Å². The van der Waals surface area contributed by atoms with Crippen LogP contribution in [0.25, 0.3) is 0 Å². The summed E-state index contributed by atoms with van der Waals surface area (Å²) in [5, 5.41) is 6.30. The van der Waals surface area contributed by atoms with Crippen LogP contribution in [0, 0.1) is 6.92 Å². The maximum Gasteiger partial charge on any atom is 0.343 e. The van der Waals surface area contributed by atoms with Crippen molar-refractivity contribution < 1.29 is 28.6 Å². The van der Waals surface area contributed by atoms with E-state index in [9.17, 15) is 14.4 Å². The first kappa shape index (κ1) is 25.4. The third-order valence-corrected chi connectivity index (χ3v) is 5.17. The van der Waals surface area contributed by atoms with Crippen molar-refractivity contribution in [1.82, 2.24) is 5.43 Å². The minimum atomic E-state index is -0.958. The highest BCUT2D eigenvalue weighted by Crippen LogP contribution is 2.29. The predicted octanol–water partition coefficient (Wildman–Crippen LogP) is 4.08. The van der Waals surface area contributed by atoms with Gasteiger partial charge in [-0.15, -0.1) is 0 Å². The van der Waals surface area contributed by atoms with Crippen LogP contribution in [0.1, 0.15) is 21.5 Å². The molecule has 0 saturated heterocycles. The van der Waals surface area contributed by atoms with Gasteiger partial charge in [0.05, 0.1) is 26.0 Å². The summed E-state index contributed by atoms with van der Waals surface area (Å²) in [6.07, 6.45) is 1.26. The predicted molar refractivity (Wildman–Crippen MR) is 134 cm³/mol. The number of nitrogens with zero attached hydrogens (tertiary/aromatic N) is 1. The number of anilines is 1. The van der Waals surface area contributed by atoms with Crippen molar-refractivity contribution in [3.63, 3.8) is 0 Å². The van der Waals surface area contributed by atoms with Gasteiger partial charge in [-0.1, -0.05) is 33.6 Å². The molecule has 0 radical (unpaired) electrons. The molecule has 3 rings (SSSR count). The Morgan fingerprint density at radius 3 is 2.23 bits per heavy atom. The number of hydrazone groups is 1. The summed E-state index contributed by atoms with van der Waals surface area (Å²) < 4.78 is 16.6. The molecule has 0 saturated carbocycles. The number of aryl methyl sites for hydroxylation is 1. The van der Waals surface area contributed by atoms with Crippen LogP contribution in [0.3, 0.4) is 0 Å². The second-order valence-corrected chi connectivity index (χ2v) is 8.08. The number of benzene rings is 3. The standard InChI is InChI=1S/C25H22BrN3O6/c1-15-4-8-19(9-5-15)28-23(30)24(31)29-27-14-17-12-18(26)7-11-20(17)35-25(32)16-6-10-21(33-2)22(13-16)34-3/h4-14H,1-3H3,(H,28,30)(H,29,31). The van der Waals surface area contributed by atoms with E-state index in [1.807, 2.05) is 19.1 Å². The molecule has 3 aromatic rings. The molecule has 0 bridgehead atoms. The highest BCUT2D eigenvalue weighted by molar-refractivity contribution is 9.10. The van der Waals surface area contributed by atoms with Gasteiger partial charge < -0.3 is 19.5 Å². The van der Waals surface area contributed by atoms with Gasteiger partial charge >= 0.3 is 17.8 Å². The van der Waals surface area contributed by atoms with Crippen LogP contribution < -0.4 is 25.0 Å². The zero-order valence-corrected chi connectivity index (χ0v) is 20.7. The maximum atomic E-state index is 12.7. The molecule has 0 fully saturated rings. The van der Waals surface area contributed by atoms with Gasteiger partial charge in [0.25, 0.3) is 0 Å². The first-order chi connectivity index (χ1) is 16.8. The molecule has 35 heavy (non-hydrogen) atoms. The fraction of sp³-hybridized carbons (Fsp3) is 0.120. The molecule has 2 amide bonds. The molecule has 0 unspecified atom stereocenters. The maximum absolute atomic E-state index is 12.7. The largest absolute Gasteiger partial charge is 0.493 e. The molecule has 0 aliphatic heterocycles. The summed E-state index contributed by atoms with van der Waals surface area (Å²) in [6.45, 7) is 1.91. The lowest BCUT2D eigenvalue weighted by Crippen LogP contribution is -2.32. The van der Waals surface area contributed by atoms with E-state index >= 15 is 0 Å². The van der Waals surface area contributed by atoms with Crippen LogP contribution in [-0.2, 0) is 9.59 Å². The molecule has 180 valence electrons. The van der Waals surface area contributed by atoms with Gasteiger partial charge in [0, 0.05) is 15.7 Å². The Balaban J connectivity index is 1.69. The minimum Gasteiger partial charge on any atom is -0.493 e. The number of carbonyl (C=O) groups excluding carboxylic acids is 3. The Bertz CT molecular complexity index is 1270. The van der Waals surface area contributed by atoms with Crippen LogP contribution in [-0.4, -0.2) is 38.2 Å². The first-order valence-electron chi connectivity index (χ1n) is 10.3. The van der Waals surface area contributed by atoms with Crippen molar-refractivity contribution >= 4 is 45.6 Å². The van der Waals surface area contributed by atoms with Gasteiger partial charge in [0.15, 0.2) is 11.5 Å². The Morgan fingerprint density at radius 1 is 0.857 bits per heavy atom. The minimum absolute atomic E-state index is 0.190. The van der Waals surface area contributed by atoms with Crippen LogP contribution in [0.15, 0.2) is 70.2 Å². The zero-order chi connectivity index (χ0) is 25.4. The molecule has 2 N–H and O–H groups in total. The fourth-order valence-electron chi connectivity index (χ4n) is 2.87. The van der Waals surface area contributed by atoms with E-state index in [-0.39, 0.29) is 11.3 Å². The lowest BCUT2D eigenvalue weighted by atomic mass is 10.2. The second kappa shape index (κ2) is 11.8. The van der Waals surface area contributed by atoms with E-state index in [2.05, 4.69) is 31.8 Å². The van der Waals surface area contributed by atoms with Crippen molar-refractivity contribution in [2.45, 2.75) is 6.92 Å². The van der Waals surface area contributed by atoms with Gasteiger partial charge in [-0.3, -0.25) is 9.59 Å². The molecular formula is C25H22BrN3O6. The average Bonchev–Trinajstić information content (AvgIpc) is 2.86. The molecule has 9 nitrogen and oxygen atoms in total. The Kier molecular flexibility index (Phi) is 8.58. The van der Waals surface area contributed by atoms with Gasteiger partial charge in [0.2, 0.25) is 0 Å². The summed E-state index contributed by atoms with van der Waals surface area (Å²) in [5.41, 5.74) is 4.29. The molecule has 3 aromatic carbocycles. The van der Waals surface area contributed by atoms with E-state index in [1.165, 1.54) is 26.5 Å². The summed E-state index contributed by atoms with van der Waals surface area (Å²) in [5.74, 6) is -1.42. The lowest BCUT2D eigenvalue weighted by molar-refractivity contribution is -0.136. The van der Waals surface area contributed by atoms with Gasteiger partial charge in [-0.25, -0.2) is 10.2 Å². The molecular weight excluding hydrogens is 518 g/mol. The third kappa shape index (κ3) is 6.90. The van der Waals surface area contributed by atoms with E-state index in [0.29, 0.717) is 27.2 Å². The molecule has 0 aliphatic rings. The summed E-state index contributed by atoms with van der Waals surface area (Å²) >= 11 is 3.34. The quantitative estimate of drug-likeness (QED) is 0.154. The van der Waals surface area contributed by atoms with Gasteiger partial charge in [-0.2, -0.15) is 5.10 Å². The number of carbonyl (C=O) groups is 3. The highest BCUT2D eigenvalue weighted by Gasteiger charge is 2.16. The normalized spacial score (nSPS) is 10.5. The molecule has 0 atom stereocenters. The number of nitrogens with one attached hydrogen (secondary N) is 2.